The monoisotopic (exact) mass is 193 g/mol. The molecule has 0 spiro atoms. The van der Waals surface area contributed by atoms with Crippen molar-refractivity contribution in [3.8, 4) is 11.8 Å². The van der Waals surface area contributed by atoms with E-state index in [1.165, 1.54) is 12.1 Å². The van der Waals surface area contributed by atoms with Crippen LogP contribution in [0.5, 0.6) is 5.75 Å². The molecule has 0 saturated carbocycles. The quantitative estimate of drug-likeness (QED) is 0.739. The maximum Gasteiger partial charge on any atom is 0.182 e. The first-order valence-corrected chi connectivity index (χ1v) is 4.46. The van der Waals surface area contributed by atoms with Crippen molar-refractivity contribution >= 4 is 0 Å². The first-order valence-electron chi connectivity index (χ1n) is 4.46. The van der Waals surface area contributed by atoms with E-state index < -0.39 is 5.82 Å². The van der Waals surface area contributed by atoms with Crippen LogP contribution < -0.4 is 4.74 Å². The van der Waals surface area contributed by atoms with Crippen molar-refractivity contribution < 1.29 is 9.13 Å². The van der Waals surface area contributed by atoms with Crippen LogP contribution in [0, 0.1) is 23.1 Å². The fraction of sp³-hybridized carbons (Fsp3) is 0.364. The third kappa shape index (κ3) is 2.46. The molecule has 1 aromatic carbocycles. The minimum Gasteiger partial charge on any atom is -0.490 e. The van der Waals surface area contributed by atoms with Gasteiger partial charge in [0.15, 0.2) is 11.6 Å². The predicted molar refractivity (Wildman–Crippen MR) is 51.4 cm³/mol. The van der Waals surface area contributed by atoms with E-state index in [1.807, 2.05) is 13.8 Å². The van der Waals surface area contributed by atoms with Crippen LogP contribution >= 0.6 is 0 Å². The Kier molecular flexibility index (Phi) is 3.47. The molecule has 0 bridgehead atoms. The van der Waals surface area contributed by atoms with E-state index in [1.54, 1.807) is 12.1 Å². The molecule has 1 rings (SSSR count). The van der Waals surface area contributed by atoms with Crippen molar-refractivity contribution in [3.63, 3.8) is 0 Å². The normalized spacial score (nSPS) is 9.93. The van der Waals surface area contributed by atoms with Gasteiger partial charge in [-0.25, -0.2) is 4.39 Å². The minimum atomic E-state index is -0.573. The highest BCUT2D eigenvalue weighted by Gasteiger charge is 2.08. The highest BCUT2D eigenvalue weighted by molar-refractivity contribution is 5.38. The Morgan fingerprint density at radius 3 is 2.79 bits per heavy atom. The Morgan fingerprint density at radius 1 is 1.50 bits per heavy atom. The van der Waals surface area contributed by atoms with Crippen molar-refractivity contribution in [2.75, 3.05) is 6.61 Å². The van der Waals surface area contributed by atoms with Crippen LogP contribution in [0.3, 0.4) is 0 Å². The molecule has 0 fully saturated rings. The molecule has 0 aliphatic heterocycles. The molecule has 0 heterocycles. The lowest BCUT2D eigenvalue weighted by Gasteiger charge is -2.09. The summed E-state index contributed by atoms with van der Waals surface area (Å²) in [4.78, 5) is 0. The molecule has 0 aliphatic rings. The molecule has 0 aromatic heterocycles. The van der Waals surface area contributed by atoms with Gasteiger partial charge >= 0.3 is 0 Å². The smallest absolute Gasteiger partial charge is 0.182 e. The van der Waals surface area contributed by atoms with Gasteiger partial charge in [-0.15, -0.1) is 0 Å². The van der Waals surface area contributed by atoms with Gasteiger partial charge in [-0.1, -0.05) is 19.9 Å². The van der Waals surface area contributed by atoms with Gasteiger partial charge in [-0.05, 0) is 18.1 Å². The summed E-state index contributed by atoms with van der Waals surface area (Å²) in [5.41, 5.74) is 0.0197. The predicted octanol–water partition coefficient (Wildman–Crippen LogP) is 2.73. The molecule has 0 aliphatic carbocycles. The molecule has 0 N–H and O–H groups in total. The third-order valence-electron chi connectivity index (χ3n) is 1.66. The van der Waals surface area contributed by atoms with Gasteiger partial charge in [0.25, 0.3) is 0 Å². The lowest BCUT2D eigenvalue weighted by molar-refractivity contribution is 0.259. The number of ether oxygens (including phenoxy) is 1. The second kappa shape index (κ2) is 4.61. The summed E-state index contributed by atoms with van der Waals surface area (Å²) in [5, 5.41) is 8.57. The van der Waals surface area contributed by atoms with Crippen LogP contribution in [0.4, 0.5) is 4.39 Å². The van der Waals surface area contributed by atoms with Crippen molar-refractivity contribution in [1.82, 2.24) is 0 Å². The number of nitrogens with zero attached hydrogens (tertiary/aromatic N) is 1. The van der Waals surface area contributed by atoms with E-state index in [4.69, 9.17) is 10.00 Å². The molecule has 2 nitrogen and oxygen atoms in total. The molecular formula is C11H12FNO. The van der Waals surface area contributed by atoms with Crippen LogP contribution in [0.15, 0.2) is 18.2 Å². The number of halogens is 1. The zero-order valence-electron chi connectivity index (χ0n) is 8.25. The van der Waals surface area contributed by atoms with Gasteiger partial charge < -0.3 is 4.74 Å². The van der Waals surface area contributed by atoms with Crippen LogP contribution in [-0.4, -0.2) is 6.61 Å². The van der Waals surface area contributed by atoms with Gasteiger partial charge in [0.2, 0.25) is 0 Å². The van der Waals surface area contributed by atoms with Gasteiger partial charge in [-0.2, -0.15) is 5.26 Å². The van der Waals surface area contributed by atoms with E-state index in [-0.39, 0.29) is 11.3 Å². The Hall–Kier alpha value is -1.56. The zero-order chi connectivity index (χ0) is 10.6. The van der Waals surface area contributed by atoms with E-state index in [0.29, 0.717) is 12.5 Å². The molecule has 3 heteroatoms. The fourth-order valence-corrected chi connectivity index (χ4v) is 0.965. The van der Waals surface area contributed by atoms with E-state index in [2.05, 4.69) is 0 Å². The number of hydrogen-bond donors (Lipinski definition) is 0. The highest BCUT2D eigenvalue weighted by Crippen LogP contribution is 2.20. The minimum absolute atomic E-state index is 0.0197. The standard InChI is InChI=1S/C11H12FNO/c1-8(2)7-14-10-5-3-4-9(6-13)11(10)12/h3-5,8H,7H2,1-2H3. The first-order chi connectivity index (χ1) is 6.65. The van der Waals surface area contributed by atoms with Crippen LogP contribution in [-0.2, 0) is 0 Å². The van der Waals surface area contributed by atoms with Crippen LogP contribution in [0.2, 0.25) is 0 Å². The molecule has 0 amide bonds. The zero-order valence-corrected chi connectivity index (χ0v) is 8.25. The van der Waals surface area contributed by atoms with Gasteiger partial charge in [-0.3, -0.25) is 0 Å². The average molecular weight is 193 g/mol. The molecular weight excluding hydrogens is 181 g/mol. The Labute approximate surface area is 82.9 Å². The van der Waals surface area contributed by atoms with Crippen LogP contribution in [0.1, 0.15) is 19.4 Å². The van der Waals surface area contributed by atoms with Crippen molar-refractivity contribution in [1.29, 1.82) is 5.26 Å². The molecule has 74 valence electrons. The second-order valence-corrected chi connectivity index (χ2v) is 3.43. The topological polar surface area (TPSA) is 33.0 Å². The molecule has 14 heavy (non-hydrogen) atoms. The summed E-state index contributed by atoms with van der Waals surface area (Å²) in [6, 6.07) is 6.33. The van der Waals surface area contributed by atoms with Gasteiger partial charge in [0, 0.05) is 0 Å². The summed E-state index contributed by atoms with van der Waals surface area (Å²) in [6.07, 6.45) is 0. The summed E-state index contributed by atoms with van der Waals surface area (Å²) in [6.45, 7) is 4.41. The summed E-state index contributed by atoms with van der Waals surface area (Å²) in [5.74, 6) is -0.0893. The lowest BCUT2D eigenvalue weighted by Crippen LogP contribution is -2.06. The molecule has 1 aromatic rings. The molecule has 0 radical (unpaired) electrons. The number of nitriles is 1. The highest BCUT2D eigenvalue weighted by atomic mass is 19.1. The molecule has 0 saturated heterocycles. The maximum absolute atomic E-state index is 13.4. The number of rotatable bonds is 3. The Bertz CT molecular complexity index is 355. The van der Waals surface area contributed by atoms with Crippen molar-refractivity contribution in [2.45, 2.75) is 13.8 Å². The third-order valence-corrected chi connectivity index (χ3v) is 1.66. The van der Waals surface area contributed by atoms with Gasteiger partial charge in [0.05, 0.1) is 12.2 Å². The lowest BCUT2D eigenvalue weighted by atomic mass is 10.2. The fourth-order valence-electron chi connectivity index (χ4n) is 0.965. The van der Waals surface area contributed by atoms with Crippen molar-refractivity contribution in [2.24, 2.45) is 5.92 Å². The number of benzene rings is 1. The Morgan fingerprint density at radius 2 is 2.21 bits per heavy atom. The SMILES string of the molecule is CC(C)COc1cccc(C#N)c1F. The Balaban J connectivity index is 2.83. The number of hydrogen-bond acceptors (Lipinski definition) is 2. The van der Waals surface area contributed by atoms with E-state index >= 15 is 0 Å². The summed E-state index contributed by atoms with van der Waals surface area (Å²) in [7, 11) is 0. The van der Waals surface area contributed by atoms with Crippen LogP contribution in [0.25, 0.3) is 0 Å². The average Bonchev–Trinajstić information content (AvgIpc) is 2.16. The summed E-state index contributed by atoms with van der Waals surface area (Å²) >= 11 is 0. The van der Waals surface area contributed by atoms with E-state index in [9.17, 15) is 4.39 Å². The maximum atomic E-state index is 13.4. The van der Waals surface area contributed by atoms with E-state index in [0.717, 1.165) is 0 Å². The molecule has 0 atom stereocenters. The first kappa shape index (κ1) is 10.5. The summed E-state index contributed by atoms with van der Waals surface area (Å²) < 4.78 is 18.6. The molecule has 0 unspecified atom stereocenters. The van der Waals surface area contributed by atoms with Crippen molar-refractivity contribution in [3.05, 3.63) is 29.6 Å². The second-order valence-electron chi connectivity index (χ2n) is 3.43. The largest absolute Gasteiger partial charge is 0.490 e. The van der Waals surface area contributed by atoms with Gasteiger partial charge in [0.1, 0.15) is 6.07 Å².